The Kier molecular flexibility index (Phi) is 3.20. The number of halogens is 3. The van der Waals surface area contributed by atoms with Crippen molar-refractivity contribution in [2.45, 2.75) is 0 Å². The van der Waals surface area contributed by atoms with E-state index < -0.39 is 17.5 Å². The van der Waals surface area contributed by atoms with Gasteiger partial charge in [-0.1, -0.05) is 0 Å². The second kappa shape index (κ2) is 4.80. The lowest BCUT2D eigenvalue weighted by molar-refractivity contribution is 0.463. The maximum atomic E-state index is 13.1. The average molecular weight is 249 g/mol. The Labute approximate surface area is 101 Å². The molecule has 0 amide bonds. The van der Waals surface area contributed by atoms with Crippen molar-refractivity contribution >= 4 is 0 Å². The molecule has 0 heterocycles. The Morgan fingerprint density at radius 1 is 0.778 bits per heavy atom. The lowest BCUT2D eigenvalue weighted by atomic mass is 10.2. The highest BCUT2D eigenvalue weighted by Crippen LogP contribution is 2.24. The van der Waals surface area contributed by atoms with E-state index in [-0.39, 0.29) is 17.1 Å². The number of benzene rings is 2. The Morgan fingerprint density at radius 3 is 1.83 bits per heavy atom. The van der Waals surface area contributed by atoms with Gasteiger partial charge in [0.15, 0.2) is 0 Å². The van der Waals surface area contributed by atoms with Crippen LogP contribution >= 0.6 is 0 Å². The molecule has 90 valence electrons. The summed E-state index contributed by atoms with van der Waals surface area (Å²) in [5.41, 5.74) is 0.0573. The monoisotopic (exact) mass is 249 g/mol. The third-order valence-corrected chi connectivity index (χ3v) is 2.07. The molecule has 0 aliphatic rings. The molecule has 5 heteroatoms. The van der Waals surface area contributed by atoms with Crippen molar-refractivity contribution in [3.8, 4) is 17.6 Å². The van der Waals surface area contributed by atoms with Gasteiger partial charge in [0.25, 0.3) is 0 Å². The van der Waals surface area contributed by atoms with Crippen molar-refractivity contribution in [2.75, 3.05) is 0 Å². The summed E-state index contributed by atoms with van der Waals surface area (Å²) in [7, 11) is 0. The van der Waals surface area contributed by atoms with Gasteiger partial charge in [0.2, 0.25) is 0 Å². The fourth-order valence-electron chi connectivity index (χ4n) is 1.41. The van der Waals surface area contributed by atoms with Crippen LogP contribution in [0.25, 0.3) is 0 Å². The zero-order chi connectivity index (χ0) is 13.1. The summed E-state index contributed by atoms with van der Waals surface area (Å²) in [4.78, 5) is 0. The van der Waals surface area contributed by atoms with Crippen molar-refractivity contribution in [3.63, 3.8) is 0 Å². The van der Waals surface area contributed by atoms with Crippen molar-refractivity contribution < 1.29 is 17.9 Å². The zero-order valence-electron chi connectivity index (χ0n) is 8.95. The quantitative estimate of drug-likeness (QED) is 0.811. The van der Waals surface area contributed by atoms with E-state index >= 15 is 0 Å². The van der Waals surface area contributed by atoms with E-state index in [1.165, 1.54) is 6.07 Å². The first-order chi connectivity index (χ1) is 8.56. The van der Waals surface area contributed by atoms with Gasteiger partial charge in [0, 0.05) is 24.3 Å². The van der Waals surface area contributed by atoms with Crippen LogP contribution in [-0.2, 0) is 0 Å². The van der Waals surface area contributed by atoms with Crippen LogP contribution in [-0.4, -0.2) is 0 Å². The van der Waals surface area contributed by atoms with E-state index in [2.05, 4.69) is 0 Å². The van der Waals surface area contributed by atoms with E-state index in [0.717, 1.165) is 24.3 Å². The van der Waals surface area contributed by atoms with Crippen LogP contribution in [0.4, 0.5) is 13.2 Å². The largest absolute Gasteiger partial charge is 0.457 e. The Morgan fingerprint density at radius 2 is 1.28 bits per heavy atom. The minimum Gasteiger partial charge on any atom is -0.457 e. The first-order valence-electron chi connectivity index (χ1n) is 4.91. The van der Waals surface area contributed by atoms with Crippen LogP contribution in [0.5, 0.6) is 11.5 Å². The van der Waals surface area contributed by atoms with Crippen LogP contribution in [0.3, 0.4) is 0 Å². The van der Waals surface area contributed by atoms with E-state index in [4.69, 9.17) is 10.00 Å². The number of hydrogen-bond acceptors (Lipinski definition) is 2. The Hall–Kier alpha value is -2.48. The predicted molar refractivity (Wildman–Crippen MR) is 57.5 cm³/mol. The van der Waals surface area contributed by atoms with Crippen molar-refractivity contribution in [3.05, 3.63) is 59.4 Å². The number of nitriles is 1. The molecular formula is C13H6F3NO. The van der Waals surface area contributed by atoms with Crippen LogP contribution in [0.1, 0.15) is 5.56 Å². The molecule has 2 aromatic rings. The van der Waals surface area contributed by atoms with Crippen LogP contribution in [0.15, 0.2) is 36.4 Å². The molecule has 18 heavy (non-hydrogen) atoms. The van der Waals surface area contributed by atoms with E-state index in [1.54, 1.807) is 6.07 Å². The molecule has 0 bridgehead atoms. The number of rotatable bonds is 2. The third kappa shape index (κ3) is 2.80. The summed E-state index contributed by atoms with van der Waals surface area (Å²) in [5.74, 6) is -2.39. The van der Waals surface area contributed by atoms with E-state index in [0.29, 0.717) is 6.07 Å². The summed E-state index contributed by atoms with van der Waals surface area (Å²) in [6.07, 6.45) is 0. The molecular weight excluding hydrogens is 243 g/mol. The van der Waals surface area contributed by atoms with Gasteiger partial charge in [-0.25, -0.2) is 13.2 Å². The average Bonchev–Trinajstić information content (AvgIpc) is 2.26. The van der Waals surface area contributed by atoms with Crippen LogP contribution in [0, 0.1) is 28.8 Å². The van der Waals surface area contributed by atoms with E-state index in [1.807, 2.05) is 0 Å². The highest BCUT2D eigenvalue weighted by Gasteiger charge is 2.05. The second-order valence-electron chi connectivity index (χ2n) is 3.49. The number of ether oxygens (including phenoxy) is 1. The fourth-order valence-corrected chi connectivity index (χ4v) is 1.41. The summed E-state index contributed by atoms with van der Waals surface area (Å²) in [6.45, 7) is 0. The molecule has 0 saturated heterocycles. The van der Waals surface area contributed by atoms with Gasteiger partial charge in [-0.2, -0.15) is 5.26 Å². The van der Waals surface area contributed by atoms with Gasteiger partial charge in [-0.15, -0.1) is 0 Å². The number of hydrogen-bond donors (Lipinski definition) is 0. The molecule has 0 unspecified atom stereocenters. The molecule has 0 aromatic heterocycles. The topological polar surface area (TPSA) is 33.0 Å². The molecule has 0 spiro atoms. The van der Waals surface area contributed by atoms with Gasteiger partial charge >= 0.3 is 0 Å². The molecule has 0 atom stereocenters. The zero-order valence-corrected chi connectivity index (χ0v) is 8.95. The first-order valence-corrected chi connectivity index (χ1v) is 4.91. The summed E-state index contributed by atoms with van der Waals surface area (Å²) in [6, 6.07) is 7.67. The Balaban J connectivity index is 2.34. The second-order valence-corrected chi connectivity index (χ2v) is 3.49. The minimum absolute atomic E-state index is 0.00319. The normalized spacial score (nSPS) is 9.89. The molecule has 2 rings (SSSR count). The fraction of sp³-hybridized carbons (Fsp3) is 0. The van der Waals surface area contributed by atoms with Gasteiger partial charge in [-0.05, 0) is 12.1 Å². The molecule has 0 aliphatic carbocycles. The van der Waals surface area contributed by atoms with Gasteiger partial charge in [0.1, 0.15) is 29.0 Å². The van der Waals surface area contributed by atoms with Gasteiger partial charge in [0.05, 0.1) is 11.6 Å². The van der Waals surface area contributed by atoms with Crippen LogP contribution in [0.2, 0.25) is 0 Å². The molecule has 0 aliphatic heterocycles. The lowest BCUT2D eigenvalue weighted by Crippen LogP contribution is -1.89. The maximum absolute atomic E-state index is 13.1. The smallest absolute Gasteiger partial charge is 0.133 e. The predicted octanol–water partition coefficient (Wildman–Crippen LogP) is 3.77. The first kappa shape index (κ1) is 12.0. The Bertz CT molecular complexity index is 614. The standard InChI is InChI=1S/C13H6F3NO/c14-9-1-8(7-17)2-12(4-9)18-13-5-10(15)3-11(16)6-13/h1-6H. The van der Waals surface area contributed by atoms with Gasteiger partial charge in [-0.3, -0.25) is 0 Å². The molecule has 2 nitrogen and oxygen atoms in total. The number of nitrogens with zero attached hydrogens (tertiary/aromatic N) is 1. The SMILES string of the molecule is N#Cc1cc(F)cc(Oc2cc(F)cc(F)c2)c1. The molecule has 0 radical (unpaired) electrons. The molecule has 0 N–H and O–H groups in total. The summed E-state index contributed by atoms with van der Waals surface area (Å²) in [5, 5.41) is 8.65. The van der Waals surface area contributed by atoms with Crippen LogP contribution < -0.4 is 4.74 Å². The highest BCUT2D eigenvalue weighted by atomic mass is 19.1. The van der Waals surface area contributed by atoms with E-state index in [9.17, 15) is 13.2 Å². The van der Waals surface area contributed by atoms with Gasteiger partial charge < -0.3 is 4.74 Å². The molecule has 0 fully saturated rings. The summed E-state index contributed by atoms with van der Waals surface area (Å²) >= 11 is 0. The van der Waals surface area contributed by atoms with Crippen molar-refractivity contribution in [2.24, 2.45) is 0 Å². The third-order valence-electron chi connectivity index (χ3n) is 2.07. The van der Waals surface area contributed by atoms with Crippen molar-refractivity contribution in [1.29, 1.82) is 5.26 Å². The highest BCUT2D eigenvalue weighted by molar-refractivity contribution is 5.39. The molecule has 0 saturated carbocycles. The molecule has 2 aromatic carbocycles. The summed E-state index contributed by atoms with van der Waals surface area (Å²) < 4.78 is 44.0. The lowest BCUT2D eigenvalue weighted by Gasteiger charge is -2.06. The minimum atomic E-state index is -0.804. The van der Waals surface area contributed by atoms with Crippen molar-refractivity contribution in [1.82, 2.24) is 0 Å². The maximum Gasteiger partial charge on any atom is 0.133 e.